The summed E-state index contributed by atoms with van der Waals surface area (Å²) in [5.41, 5.74) is 0. The highest BCUT2D eigenvalue weighted by atomic mass is 32.2. The van der Waals surface area contributed by atoms with Gasteiger partial charge in [0.2, 0.25) is 0 Å². The fourth-order valence-electron chi connectivity index (χ4n) is 2.69. The van der Waals surface area contributed by atoms with E-state index in [1.165, 1.54) is 30.5 Å². The Hall–Kier alpha value is -2.84. The smallest absolute Gasteiger partial charge is 0.267 e. The van der Waals surface area contributed by atoms with E-state index in [1.807, 2.05) is 0 Å². The minimum absolute atomic E-state index is 0.0157. The first-order valence-corrected chi connectivity index (χ1v) is 9.84. The molecule has 130 valence electrons. The number of carbonyl (C=O) groups is 1. The molecule has 1 N–H and O–H groups in total. The standard InChI is InChI=1S/C18H11FN2O3S2/c19-14-4-2-5-15-13(14)9-16(25-15)18(22)21-26(23,24)17-6-1-3-11-10-20-8-7-12(11)17/h1-10H,(H,21,22). The number of halogens is 1. The summed E-state index contributed by atoms with van der Waals surface area (Å²) in [6, 6.07) is 12.2. The average Bonchev–Trinajstić information content (AvgIpc) is 3.07. The Morgan fingerprint density at radius 2 is 1.88 bits per heavy atom. The lowest BCUT2D eigenvalue weighted by Crippen LogP contribution is -2.30. The van der Waals surface area contributed by atoms with Crippen LogP contribution in [0.15, 0.2) is 65.8 Å². The van der Waals surface area contributed by atoms with E-state index in [2.05, 4.69) is 9.71 Å². The molecule has 2 aromatic carbocycles. The van der Waals surface area contributed by atoms with Crippen LogP contribution in [-0.2, 0) is 10.0 Å². The number of sulfonamides is 1. The van der Waals surface area contributed by atoms with Gasteiger partial charge in [0.1, 0.15) is 5.82 Å². The fraction of sp³-hybridized carbons (Fsp3) is 0. The highest BCUT2D eigenvalue weighted by molar-refractivity contribution is 7.90. The Bertz CT molecular complexity index is 1260. The van der Waals surface area contributed by atoms with E-state index in [-0.39, 0.29) is 15.2 Å². The van der Waals surface area contributed by atoms with Crippen LogP contribution in [0.1, 0.15) is 9.67 Å². The molecule has 5 nitrogen and oxygen atoms in total. The Morgan fingerprint density at radius 3 is 2.69 bits per heavy atom. The second kappa shape index (κ2) is 6.15. The molecular weight excluding hydrogens is 375 g/mol. The molecule has 0 atom stereocenters. The summed E-state index contributed by atoms with van der Waals surface area (Å²) in [6.45, 7) is 0. The predicted octanol–water partition coefficient (Wildman–Crippen LogP) is 3.71. The Balaban J connectivity index is 1.72. The lowest BCUT2D eigenvalue weighted by atomic mass is 10.2. The fourth-order valence-corrected chi connectivity index (χ4v) is 4.92. The van der Waals surface area contributed by atoms with Gasteiger partial charge in [0.15, 0.2) is 0 Å². The van der Waals surface area contributed by atoms with Gasteiger partial charge in [0, 0.05) is 33.3 Å². The number of hydrogen-bond acceptors (Lipinski definition) is 5. The number of hydrogen-bond donors (Lipinski definition) is 1. The molecule has 4 aromatic rings. The van der Waals surface area contributed by atoms with Crippen LogP contribution in [0.2, 0.25) is 0 Å². The van der Waals surface area contributed by atoms with Gasteiger partial charge in [-0.25, -0.2) is 17.5 Å². The molecular formula is C18H11FN2O3S2. The van der Waals surface area contributed by atoms with Crippen LogP contribution in [0.3, 0.4) is 0 Å². The van der Waals surface area contributed by atoms with E-state index < -0.39 is 21.7 Å². The summed E-state index contributed by atoms with van der Waals surface area (Å²) in [5, 5.41) is 1.40. The van der Waals surface area contributed by atoms with Gasteiger partial charge in [-0.05, 0) is 30.3 Å². The van der Waals surface area contributed by atoms with Crippen molar-refractivity contribution in [2.75, 3.05) is 0 Å². The molecule has 0 saturated carbocycles. The maximum absolute atomic E-state index is 13.8. The van der Waals surface area contributed by atoms with Gasteiger partial charge < -0.3 is 0 Å². The molecule has 0 radical (unpaired) electrons. The van der Waals surface area contributed by atoms with Crippen molar-refractivity contribution in [3.05, 3.63) is 71.6 Å². The van der Waals surface area contributed by atoms with E-state index in [0.717, 1.165) is 11.3 Å². The predicted molar refractivity (Wildman–Crippen MR) is 98.2 cm³/mol. The van der Waals surface area contributed by atoms with Crippen LogP contribution in [0.5, 0.6) is 0 Å². The van der Waals surface area contributed by atoms with Gasteiger partial charge >= 0.3 is 0 Å². The summed E-state index contributed by atoms with van der Waals surface area (Å²) in [5.74, 6) is -1.25. The molecule has 0 aliphatic rings. The number of carbonyl (C=O) groups excluding carboxylic acids is 1. The molecule has 26 heavy (non-hydrogen) atoms. The number of aromatic nitrogens is 1. The van der Waals surface area contributed by atoms with Crippen molar-refractivity contribution in [1.82, 2.24) is 9.71 Å². The first-order chi connectivity index (χ1) is 12.5. The molecule has 8 heteroatoms. The molecule has 4 rings (SSSR count). The van der Waals surface area contributed by atoms with Crippen LogP contribution >= 0.6 is 11.3 Å². The van der Waals surface area contributed by atoms with Gasteiger partial charge in [-0.15, -0.1) is 11.3 Å². The van der Waals surface area contributed by atoms with Gasteiger partial charge in [-0.2, -0.15) is 0 Å². The summed E-state index contributed by atoms with van der Waals surface area (Å²) in [4.78, 5) is 16.5. The van der Waals surface area contributed by atoms with Crippen LogP contribution in [0.4, 0.5) is 4.39 Å². The lowest BCUT2D eigenvalue weighted by Gasteiger charge is -2.08. The third-order valence-corrected chi connectivity index (χ3v) is 6.38. The normalized spacial score (nSPS) is 11.7. The van der Waals surface area contributed by atoms with E-state index >= 15 is 0 Å². The third kappa shape index (κ3) is 2.83. The summed E-state index contributed by atoms with van der Waals surface area (Å²) < 4.78 is 41.8. The molecule has 0 unspecified atom stereocenters. The number of nitrogens with zero attached hydrogens (tertiary/aromatic N) is 1. The van der Waals surface area contributed by atoms with Crippen LogP contribution < -0.4 is 4.72 Å². The molecule has 0 bridgehead atoms. The van der Waals surface area contributed by atoms with Crippen molar-refractivity contribution in [3.8, 4) is 0 Å². The summed E-state index contributed by atoms with van der Waals surface area (Å²) in [7, 11) is -4.10. The average molecular weight is 386 g/mol. The molecule has 2 heterocycles. The van der Waals surface area contributed by atoms with E-state index in [0.29, 0.717) is 15.5 Å². The number of pyridine rings is 1. The number of rotatable bonds is 3. The summed E-state index contributed by atoms with van der Waals surface area (Å²) >= 11 is 1.03. The topological polar surface area (TPSA) is 76.1 Å². The second-order valence-corrected chi connectivity index (χ2v) is 8.28. The summed E-state index contributed by atoms with van der Waals surface area (Å²) in [6.07, 6.45) is 3.03. The largest absolute Gasteiger partial charge is 0.275 e. The molecule has 0 saturated heterocycles. The Morgan fingerprint density at radius 1 is 1.08 bits per heavy atom. The monoisotopic (exact) mass is 386 g/mol. The highest BCUT2D eigenvalue weighted by Gasteiger charge is 2.22. The van der Waals surface area contributed by atoms with Crippen molar-refractivity contribution < 1.29 is 17.6 Å². The van der Waals surface area contributed by atoms with E-state index in [1.54, 1.807) is 30.5 Å². The van der Waals surface area contributed by atoms with E-state index in [4.69, 9.17) is 0 Å². The quantitative estimate of drug-likeness (QED) is 0.582. The number of nitrogens with one attached hydrogen (secondary N) is 1. The first kappa shape index (κ1) is 16.6. The molecule has 0 fully saturated rings. The molecule has 0 aliphatic carbocycles. The van der Waals surface area contributed by atoms with Crippen LogP contribution in [0.25, 0.3) is 20.9 Å². The van der Waals surface area contributed by atoms with Crippen LogP contribution in [0, 0.1) is 5.82 Å². The number of amides is 1. The number of benzene rings is 2. The van der Waals surface area contributed by atoms with Crippen molar-refractivity contribution in [3.63, 3.8) is 0 Å². The maximum Gasteiger partial charge on any atom is 0.275 e. The zero-order chi connectivity index (χ0) is 18.3. The van der Waals surface area contributed by atoms with Gasteiger partial charge in [0.25, 0.3) is 15.9 Å². The molecule has 0 spiro atoms. The van der Waals surface area contributed by atoms with Crippen molar-refractivity contribution in [2.24, 2.45) is 0 Å². The first-order valence-electron chi connectivity index (χ1n) is 7.54. The minimum atomic E-state index is -4.10. The number of fused-ring (bicyclic) bond motifs is 2. The molecule has 1 amide bonds. The maximum atomic E-state index is 13.8. The zero-order valence-electron chi connectivity index (χ0n) is 13.1. The highest BCUT2D eigenvalue weighted by Crippen LogP contribution is 2.28. The van der Waals surface area contributed by atoms with Crippen molar-refractivity contribution in [1.29, 1.82) is 0 Å². The Labute approximate surface area is 152 Å². The van der Waals surface area contributed by atoms with Crippen molar-refractivity contribution in [2.45, 2.75) is 4.90 Å². The minimum Gasteiger partial charge on any atom is -0.267 e. The van der Waals surface area contributed by atoms with Gasteiger partial charge in [-0.3, -0.25) is 9.78 Å². The van der Waals surface area contributed by atoms with Crippen molar-refractivity contribution >= 4 is 48.1 Å². The second-order valence-electron chi connectivity index (χ2n) is 5.55. The SMILES string of the molecule is O=C(NS(=O)(=O)c1cccc2cnccc12)c1cc2c(F)cccc2s1. The van der Waals surface area contributed by atoms with Gasteiger partial charge in [0.05, 0.1) is 9.77 Å². The zero-order valence-corrected chi connectivity index (χ0v) is 14.8. The lowest BCUT2D eigenvalue weighted by molar-refractivity contribution is 0.0985. The molecule has 0 aliphatic heterocycles. The van der Waals surface area contributed by atoms with Crippen LogP contribution in [-0.4, -0.2) is 19.3 Å². The van der Waals surface area contributed by atoms with E-state index in [9.17, 15) is 17.6 Å². The van der Waals surface area contributed by atoms with Gasteiger partial charge in [-0.1, -0.05) is 18.2 Å². The third-order valence-electron chi connectivity index (χ3n) is 3.89. The number of thiophene rings is 1. The molecule has 2 aromatic heterocycles. The Kier molecular flexibility index (Phi) is 3.93.